The van der Waals surface area contributed by atoms with Gasteiger partial charge in [0.15, 0.2) is 0 Å². The van der Waals surface area contributed by atoms with Crippen molar-refractivity contribution >= 4 is 6.21 Å². The summed E-state index contributed by atoms with van der Waals surface area (Å²) >= 11 is 0. The predicted molar refractivity (Wildman–Crippen MR) is 47.4 cm³/mol. The molecule has 56 valence electrons. The fourth-order valence-corrected chi connectivity index (χ4v) is 0.666. The van der Waals surface area contributed by atoms with Gasteiger partial charge in [-0.3, -0.25) is 4.99 Å². The highest BCUT2D eigenvalue weighted by Crippen LogP contribution is 2.04. The molecular weight excluding hydrogens is 122 g/mol. The first-order valence-corrected chi connectivity index (χ1v) is 3.51. The molecule has 1 nitrogen and oxygen atoms in total. The maximum Gasteiger partial charge on any atom is 0.0397 e. The van der Waals surface area contributed by atoms with E-state index in [1.165, 1.54) is 5.57 Å². The van der Waals surface area contributed by atoms with Gasteiger partial charge in [0.2, 0.25) is 0 Å². The van der Waals surface area contributed by atoms with Gasteiger partial charge in [-0.25, -0.2) is 0 Å². The van der Waals surface area contributed by atoms with E-state index in [9.17, 15) is 0 Å². The van der Waals surface area contributed by atoms with Crippen molar-refractivity contribution in [3.05, 3.63) is 23.4 Å². The average Bonchev–Trinajstić information content (AvgIpc) is 1.89. The zero-order chi connectivity index (χ0) is 7.98. The van der Waals surface area contributed by atoms with E-state index in [0.29, 0.717) is 0 Å². The standard InChI is InChI=1S/C9H15N/c1-5-7-8(3)9(4)10-6-2/h5-7H,1-4H3/b7-5+,9-8-,10-6?. The number of aliphatic imine (C=N–C) groups is 1. The summed E-state index contributed by atoms with van der Waals surface area (Å²) in [5.41, 5.74) is 2.31. The van der Waals surface area contributed by atoms with Crippen LogP contribution in [0.15, 0.2) is 28.4 Å². The first kappa shape index (κ1) is 9.15. The zero-order valence-corrected chi connectivity index (χ0v) is 7.18. The van der Waals surface area contributed by atoms with E-state index in [-0.39, 0.29) is 0 Å². The van der Waals surface area contributed by atoms with Gasteiger partial charge in [0, 0.05) is 11.9 Å². The molecule has 0 aliphatic rings. The highest BCUT2D eigenvalue weighted by Gasteiger charge is 1.86. The number of allylic oxidation sites excluding steroid dienone is 4. The molecule has 0 radical (unpaired) electrons. The Labute approximate surface area is 63.2 Å². The van der Waals surface area contributed by atoms with Crippen LogP contribution >= 0.6 is 0 Å². The lowest BCUT2D eigenvalue weighted by atomic mass is 10.2. The maximum absolute atomic E-state index is 4.15. The topological polar surface area (TPSA) is 12.4 Å². The fraction of sp³-hybridized carbons (Fsp3) is 0.444. The molecule has 0 amide bonds. The summed E-state index contributed by atoms with van der Waals surface area (Å²) in [7, 11) is 0. The second kappa shape index (κ2) is 4.98. The first-order chi connectivity index (χ1) is 4.72. The Balaban J connectivity index is 4.33. The number of hydrogen-bond donors (Lipinski definition) is 0. The van der Waals surface area contributed by atoms with E-state index < -0.39 is 0 Å². The van der Waals surface area contributed by atoms with Crippen molar-refractivity contribution in [2.45, 2.75) is 27.7 Å². The van der Waals surface area contributed by atoms with Gasteiger partial charge in [-0.05, 0) is 33.3 Å². The monoisotopic (exact) mass is 137 g/mol. The summed E-state index contributed by atoms with van der Waals surface area (Å²) in [4.78, 5) is 4.15. The van der Waals surface area contributed by atoms with Gasteiger partial charge in [0.05, 0.1) is 0 Å². The van der Waals surface area contributed by atoms with E-state index in [4.69, 9.17) is 0 Å². The third-order valence-corrected chi connectivity index (χ3v) is 1.31. The molecule has 0 aliphatic carbocycles. The molecule has 10 heavy (non-hydrogen) atoms. The van der Waals surface area contributed by atoms with Crippen LogP contribution in [0, 0.1) is 0 Å². The Morgan fingerprint density at radius 3 is 2.20 bits per heavy atom. The van der Waals surface area contributed by atoms with E-state index in [1.807, 2.05) is 33.1 Å². The van der Waals surface area contributed by atoms with Crippen LogP contribution in [0.1, 0.15) is 27.7 Å². The predicted octanol–water partition coefficient (Wildman–Crippen LogP) is 2.95. The Kier molecular flexibility index (Phi) is 4.55. The molecular formula is C9H15N. The van der Waals surface area contributed by atoms with Crippen molar-refractivity contribution < 1.29 is 0 Å². The van der Waals surface area contributed by atoms with E-state index >= 15 is 0 Å². The van der Waals surface area contributed by atoms with Crippen molar-refractivity contribution in [3.63, 3.8) is 0 Å². The van der Waals surface area contributed by atoms with Crippen molar-refractivity contribution in [1.29, 1.82) is 0 Å². The molecule has 0 rings (SSSR count). The largest absolute Gasteiger partial charge is 0.266 e. The molecule has 0 saturated heterocycles. The normalized spacial score (nSPS) is 14.8. The summed E-state index contributed by atoms with van der Waals surface area (Å²) in [6.07, 6.45) is 5.88. The van der Waals surface area contributed by atoms with Crippen molar-refractivity contribution in [2.24, 2.45) is 4.99 Å². The molecule has 0 spiro atoms. The molecule has 1 heteroatoms. The van der Waals surface area contributed by atoms with Crippen LogP contribution < -0.4 is 0 Å². The first-order valence-electron chi connectivity index (χ1n) is 3.51. The second-order valence-electron chi connectivity index (χ2n) is 2.16. The van der Waals surface area contributed by atoms with Gasteiger partial charge in [0.1, 0.15) is 0 Å². The molecule has 0 heterocycles. The van der Waals surface area contributed by atoms with E-state index in [0.717, 1.165) is 5.70 Å². The minimum absolute atomic E-state index is 1.08. The Hall–Kier alpha value is -0.850. The minimum Gasteiger partial charge on any atom is -0.266 e. The number of hydrogen-bond acceptors (Lipinski definition) is 1. The minimum atomic E-state index is 1.08. The van der Waals surface area contributed by atoms with Gasteiger partial charge in [-0.15, -0.1) is 0 Å². The molecule has 0 bridgehead atoms. The van der Waals surface area contributed by atoms with Gasteiger partial charge in [-0.1, -0.05) is 12.2 Å². The van der Waals surface area contributed by atoms with Gasteiger partial charge >= 0.3 is 0 Å². The van der Waals surface area contributed by atoms with Crippen LogP contribution in [-0.2, 0) is 0 Å². The third kappa shape index (κ3) is 3.23. The summed E-state index contributed by atoms with van der Waals surface area (Å²) < 4.78 is 0. The lowest BCUT2D eigenvalue weighted by Crippen LogP contribution is -1.75. The molecule has 0 saturated carbocycles. The van der Waals surface area contributed by atoms with Crippen molar-refractivity contribution in [2.75, 3.05) is 0 Å². The van der Waals surface area contributed by atoms with Crippen molar-refractivity contribution in [1.82, 2.24) is 0 Å². The molecule has 0 aromatic rings. The van der Waals surface area contributed by atoms with Crippen LogP contribution in [-0.4, -0.2) is 6.21 Å². The molecule has 0 aliphatic heterocycles. The molecule has 0 aromatic carbocycles. The van der Waals surface area contributed by atoms with Gasteiger partial charge in [-0.2, -0.15) is 0 Å². The highest BCUT2D eigenvalue weighted by molar-refractivity contribution is 5.55. The lowest BCUT2D eigenvalue weighted by molar-refractivity contribution is 1.24. The summed E-state index contributed by atoms with van der Waals surface area (Å²) in [6.45, 7) is 8.00. The van der Waals surface area contributed by atoms with Crippen LogP contribution in [0.25, 0.3) is 0 Å². The SMILES string of the molecule is CC=N/C(C)=C(C)\C=C\C. The van der Waals surface area contributed by atoms with Gasteiger partial charge in [0.25, 0.3) is 0 Å². The third-order valence-electron chi connectivity index (χ3n) is 1.31. The molecule has 0 N–H and O–H groups in total. The number of rotatable bonds is 2. The maximum atomic E-state index is 4.15. The Morgan fingerprint density at radius 1 is 1.20 bits per heavy atom. The second-order valence-corrected chi connectivity index (χ2v) is 2.16. The molecule has 0 unspecified atom stereocenters. The zero-order valence-electron chi connectivity index (χ0n) is 7.18. The van der Waals surface area contributed by atoms with E-state index in [1.54, 1.807) is 0 Å². The average molecular weight is 137 g/mol. The van der Waals surface area contributed by atoms with Crippen LogP contribution in [0.3, 0.4) is 0 Å². The molecule has 0 aromatic heterocycles. The number of nitrogens with zero attached hydrogens (tertiary/aromatic N) is 1. The van der Waals surface area contributed by atoms with E-state index in [2.05, 4.69) is 18.0 Å². The fourth-order valence-electron chi connectivity index (χ4n) is 0.666. The van der Waals surface area contributed by atoms with Crippen LogP contribution in [0.4, 0.5) is 0 Å². The van der Waals surface area contributed by atoms with Crippen molar-refractivity contribution in [3.8, 4) is 0 Å². The summed E-state index contributed by atoms with van der Waals surface area (Å²) in [5.74, 6) is 0. The highest BCUT2D eigenvalue weighted by atomic mass is 14.7. The smallest absolute Gasteiger partial charge is 0.0397 e. The summed E-state index contributed by atoms with van der Waals surface area (Å²) in [6, 6.07) is 0. The Morgan fingerprint density at radius 2 is 1.80 bits per heavy atom. The quantitative estimate of drug-likeness (QED) is 0.410. The molecule has 0 fully saturated rings. The van der Waals surface area contributed by atoms with Crippen LogP contribution in [0.5, 0.6) is 0 Å². The summed E-state index contributed by atoms with van der Waals surface area (Å²) in [5, 5.41) is 0. The molecule has 0 atom stereocenters. The van der Waals surface area contributed by atoms with Gasteiger partial charge < -0.3 is 0 Å². The lowest BCUT2D eigenvalue weighted by Gasteiger charge is -1.94. The van der Waals surface area contributed by atoms with Crippen LogP contribution in [0.2, 0.25) is 0 Å². The Bertz CT molecular complexity index is 153.